The van der Waals surface area contributed by atoms with E-state index >= 15 is 0 Å². The van der Waals surface area contributed by atoms with Crippen LogP contribution in [0.25, 0.3) is 0 Å². The molecule has 10 heteroatoms. The molecule has 2 aromatic carbocycles. The fraction of sp³-hybridized carbons (Fsp3) is 0.484. The molecule has 9 N–H and O–H groups in total. The molecule has 0 radical (unpaired) electrons. The van der Waals surface area contributed by atoms with Gasteiger partial charge in [-0.3, -0.25) is 20.4 Å². The molecule has 9 nitrogen and oxygen atoms in total. The van der Waals surface area contributed by atoms with Crippen LogP contribution in [0.1, 0.15) is 67.6 Å². The minimum absolute atomic E-state index is 0.00838. The van der Waals surface area contributed by atoms with E-state index in [4.69, 9.17) is 33.9 Å². The van der Waals surface area contributed by atoms with Gasteiger partial charge in [-0.15, -0.1) is 0 Å². The van der Waals surface area contributed by atoms with Gasteiger partial charge in [-0.05, 0) is 80.3 Å². The largest absolute Gasteiger partial charge is 0.386 e. The Labute approximate surface area is 247 Å². The van der Waals surface area contributed by atoms with Gasteiger partial charge < -0.3 is 27.4 Å². The normalized spacial score (nSPS) is 18.6. The van der Waals surface area contributed by atoms with E-state index in [9.17, 15) is 9.59 Å². The molecule has 2 amide bonds. The Morgan fingerprint density at radius 2 is 1.41 bits per heavy atom. The molecule has 1 aliphatic heterocycles. The van der Waals surface area contributed by atoms with Crippen molar-refractivity contribution < 1.29 is 9.59 Å². The second-order valence-electron chi connectivity index (χ2n) is 11.3. The number of amides is 2. The summed E-state index contributed by atoms with van der Waals surface area (Å²) in [6.45, 7) is 1.65. The van der Waals surface area contributed by atoms with Gasteiger partial charge in [0.1, 0.15) is 17.7 Å². The molecule has 0 spiro atoms. The summed E-state index contributed by atoms with van der Waals surface area (Å²) in [4.78, 5) is 27.9. The van der Waals surface area contributed by atoms with Crippen LogP contribution in [0.3, 0.4) is 0 Å². The van der Waals surface area contributed by atoms with Gasteiger partial charge in [0.05, 0.1) is 12.0 Å². The predicted molar refractivity (Wildman–Crippen MR) is 163 cm³/mol. The third-order valence-electron chi connectivity index (χ3n) is 8.48. The van der Waals surface area contributed by atoms with E-state index in [1.54, 1.807) is 24.3 Å². The van der Waals surface area contributed by atoms with Gasteiger partial charge in [-0.1, -0.05) is 67.3 Å². The van der Waals surface area contributed by atoms with Gasteiger partial charge in [0.15, 0.2) is 0 Å². The fourth-order valence-corrected chi connectivity index (χ4v) is 6.23. The molecule has 4 rings (SSSR count). The zero-order valence-electron chi connectivity index (χ0n) is 23.4. The highest BCUT2D eigenvalue weighted by atomic mass is 35.5. The Kier molecular flexibility index (Phi) is 10.8. The van der Waals surface area contributed by atoms with E-state index in [0.717, 1.165) is 69.2 Å². The Hall–Kier alpha value is -3.43. The van der Waals surface area contributed by atoms with Gasteiger partial charge in [0, 0.05) is 10.6 Å². The van der Waals surface area contributed by atoms with Crippen molar-refractivity contribution in [3.05, 3.63) is 70.2 Å². The number of carbonyl (C=O) groups excluding carboxylic acids is 2. The van der Waals surface area contributed by atoms with Crippen LogP contribution < -0.4 is 27.4 Å². The lowest BCUT2D eigenvalue weighted by Gasteiger charge is -2.35. The predicted octanol–water partition coefficient (Wildman–Crippen LogP) is 3.44. The maximum Gasteiger partial charge on any atom is 0.243 e. The summed E-state index contributed by atoms with van der Waals surface area (Å²) in [6, 6.07) is 13.2. The molecule has 41 heavy (non-hydrogen) atoms. The Morgan fingerprint density at radius 1 is 0.829 bits per heavy atom. The highest BCUT2D eigenvalue weighted by molar-refractivity contribution is 6.30. The van der Waals surface area contributed by atoms with E-state index in [1.807, 2.05) is 24.3 Å². The number of hydrogen-bond acceptors (Lipinski definition) is 5. The number of amidine groups is 2. The number of halogens is 1. The fourth-order valence-electron chi connectivity index (χ4n) is 6.10. The lowest BCUT2D eigenvalue weighted by molar-refractivity contribution is -0.131. The number of nitrogen functional groups attached to an aromatic ring is 1. The van der Waals surface area contributed by atoms with E-state index < -0.39 is 18.0 Å². The summed E-state index contributed by atoms with van der Waals surface area (Å²) >= 11 is 6.15. The minimum Gasteiger partial charge on any atom is -0.386 e. The third kappa shape index (κ3) is 8.30. The number of nitrogens with two attached hydrogens (primary N) is 2. The van der Waals surface area contributed by atoms with Gasteiger partial charge >= 0.3 is 0 Å². The van der Waals surface area contributed by atoms with Gasteiger partial charge in [0.2, 0.25) is 11.8 Å². The van der Waals surface area contributed by atoms with E-state index in [2.05, 4.69) is 16.0 Å². The quantitative estimate of drug-likeness (QED) is 0.159. The van der Waals surface area contributed by atoms with Crippen molar-refractivity contribution in [1.29, 1.82) is 10.8 Å². The first-order valence-corrected chi connectivity index (χ1v) is 14.9. The van der Waals surface area contributed by atoms with Crippen molar-refractivity contribution in [2.24, 2.45) is 23.3 Å². The lowest BCUT2D eigenvalue weighted by Crippen LogP contribution is -2.58. The molecule has 2 fully saturated rings. The number of piperidine rings is 1. The van der Waals surface area contributed by atoms with Crippen LogP contribution in [0.4, 0.5) is 0 Å². The third-order valence-corrected chi connectivity index (χ3v) is 8.74. The zero-order chi connectivity index (χ0) is 29.4. The van der Waals surface area contributed by atoms with Crippen molar-refractivity contribution in [3.63, 3.8) is 0 Å². The van der Waals surface area contributed by atoms with Crippen LogP contribution in [0.5, 0.6) is 0 Å². The molecular weight excluding hydrogens is 538 g/mol. The molecular formula is C31H42ClN7O2. The number of rotatable bonds is 11. The SMILES string of the molecule is N=C(N)c1ccc(CC(C(=O)NC(C(=O)NC(C(=N)N)C2CCNCC2)C2CCCCC2)c2ccc(Cl)cc2)cc1. The van der Waals surface area contributed by atoms with Gasteiger partial charge in [-0.2, -0.15) is 0 Å². The van der Waals surface area contributed by atoms with E-state index in [-0.39, 0.29) is 35.3 Å². The summed E-state index contributed by atoms with van der Waals surface area (Å²) in [5, 5.41) is 25.9. The standard InChI is InChI=1S/C31H42ClN7O2/c32-24-12-10-20(11-13-24)25(18-19-6-8-23(9-7-19)28(33)34)30(40)39-27(21-4-2-1-3-5-21)31(41)38-26(29(35)36)22-14-16-37-17-15-22/h6-13,21-22,25-27,37H,1-5,14-18H2,(H3,33,34)(H3,35,36)(H,38,41)(H,39,40). The zero-order valence-corrected chi connectivity index (χ0v) is 24.2. The average molecular weight is 580 g/mol. The molecule has 3 unspecified atom stereocenters. The summed E-state index contributed by atoms with van der Waals surface area (Å²) in [6.07, 6.45) is 6.90. The molecule has 0 aromatic heterocycles. The van der Waals surface area contributed by atoms with Crippen LogP contribution in [0, 0.1) is 22.7 Å². The first kappa shape index (κ1) is 30.5. The topological polar surface area (TPSA) is 170 Å². The molecule has 1 saturated heterocycles. The van der Waals surface area contributed by atoms with Crippen LogP contribution in [0.2, 0.25) is 5.02 Å². The highest BCUT2D eigenvalue weighted by Gasteiger charge is 2.36. The maximum absolute atomic E-state index is 14.0. The Balaban J connectivity index is 1.58. The van der Waals surface area contributed by atoms with Crippen molar-refractivity contribution in [2.45, 2.75) is 69.4 Å². The molecule has 1 heterocycles. The first-order valence-electron chi connectivity index (χ1n) is 14.6. The maximum atomic E-state index is 14.0. The monoisotopic (exact) mass is 579 g/mol. The lowest BCUT2D eigenvalue weighted by atomic mass is 9.82. The van der Waals surface area contributed by atoms with Crippen LogP contribution in [0.15, 0.2) is 48.5 Å². The van der Waals surface area contributed by atoms with Crippen molar-refractivity contribution >= 4 is 35.1 Å². The Bertz CT molecular complexity index is 1210. The molecule has 1 aliphatic carbocycles. The van der Waals surface area contributed by atoms with Gasteiger partial charge in [0.25, 0.3) is 0 Å². The number of hydrogen-bond donors (Lipinski definition) is 7. The summed E-state index contributed by atoms with van der Waals surface area (Å²) in [5.74, 6) is -1.05. The first-order chi connectivity index (χ1) is 19.7. The van der Waals surface area contributed by atoms with Crippen LogP contribution in [-0.2, 0) is 16.0 Å². The van der Waals surface area contributed by atoms with Crippen LogP contribution >= 0.6 is 11.6 Å². The second kappa shape index (κ2) is 14.5. The molecule has 2 aliphatic rings. The van der Waals surface area contributed by atoms with Crippen molar-refractivity contribution in [1.82, 2.24) is 16.0 Å². The smallest absolute Gasteiger partial charge is 0.243 e. The Morgan fingerprint density at radius 3 is 2.00 bits per heavy atom. The molecule has 220 valence electrons. The second-order valence-corrected chi connectivity index (χ2v) is 11.8. The number of carbonyl (C=O) groups is 2. The molecule has 3 atom stereocenters. The molecule has 1 saturated carbocycles. The number of nitrogens with one attached hydrogen (secondary N) is 5. The van der Waals surface area contributed by atoms with Crippen molar-refractivity contribution in [3.8, 4) is 0 Å². The van der Waals surface area contributed by atoms with Crippen LogP contribution in [-0.4, -0.2) is 48.7 Å². The van der Waals surface area contributed by atoms with Crippen molar-refractivity contribution in [2.75, 3.05) is 13.1 Å². The highest BCUT2D eigenvalue weighted by Crippen LogP contribution is 2.29. The minimum atomic E-state index is -0.721. The number of benzene rings is 2. The molecule has 0 bridgehead atoms. The summed E-state index contributed by atoms with van der Waals surface area (Å²) in [7, 11) is 0. The average Bonchev–Trinajstić information content (AvgIpc) is 2.98. The van der Waals surface area contributed by atoms with E-state index in [0.29, 0.717) is 17.0 Å². The van der Waals surface area contributed by atoms with Gasteiger partial charge in [-0.25, -0.2) is 0 Å². The molecule has 2 aromatic rings. The summed E-state index contributed by atoms with van der Waals surface area (Å²) in [5.41, 5.74) is 13.9. The van der Waals surface area contributed by atoms with E-state index in [1.165, 1.54) is 0 Å². The summed E-state index contributed by atoms with van der Waals surface area (Å²) < 4.78 is 0.